The van der Waals surface area contributed by atoms with Crippen LogP contribution in [-0.2, 0) is 6.54 Å². The number of anilines is 2. The van der Waals surface area contributed by atoms with Gasteiger partial charge < -0.3 is 20.4 Å². The molecule has 0 fully saturated rings. The van der Waals surface area contributed by atoms with Crippen molar-refractivity contribution in [3.8, 4) is 0 Å². The summed E-state index contributed by atoms with van der Waals surface area (Å²) in [5.74, 6) is 0.453. The van der Waals surface area contributed by atoms with Gasteiger partial charge in [-0.1, -0.05) is 11.6 Å². The molecule has 0 atom stereocenters. The number of nitrogens with one attached hydrogen (secondary N) is 3. The van der Waals surface area contributed by atoms with Crippen molar-refractivity contribution in [1.82, 2.24) is 5.32 Å². The predicted octanol–water partition coefficient (Wildman–Crippen LogP) is 4.51. The minimum absolute atomic E-state index is 0.224. The highest BCUT2D eigenvalue weighted by atomic mass is 35.5. The van der Waals surface area contributed by atoms with Gasteiger partial charge in [-0.15, -0.1) is 0 Å². The van der Waals surface area contributed by atoms with Gasteiger partial charge >= 0.3 is 6.03 Å². The molecule has 0 aliphatic rings. The standard InChI is InChI=1S/C19H16ClN3O3/c20-14-5-9-16(10-6-14)23-19(25)22-15-7-3-13(4-8-15)18(24)21-12-17-2-1-11-26-17/h1-11H,12H2,(H,21,24)(H2,22,23,25). The van der Waals surface area contributed by atoms with Crippen molar-refractivity contribution in [3.63, 3.8) is 0 Å². The summed E-state index contributed by atoms with van der Waals surface area (Å²) in [6, 6.07) is 16.5. The minimum atomic E-state index is -0.387. The van der Waals surface area contributed by atoms with Gasteiger partial charge in [0.1, 0.15) is 5.76 Å². The Morgan fingerprint density at radius 3 is 2.08 bits per heavy atom. The van der Waals surface area contributed by atoms with Crippen molar-refractivity contribution < 1.29 is 14.0 Å². The van der Waals surface area contributed by atoms with Gasteiger partial charge in [-0.25, -0.2) is 4.79 Å². The summed E-state index contributed by atoms with van der Waals surface area (Å²) >= 11 is 5.80. The van der Waals surface area contributed by atoms with Crippen LogP contribution in [0.3, 0.4) is 0 Å². The Bertz CT molecular complexity index is 875. The zero-order valence-corrected chi connectivity index (χ0v) is 14.4. The molecule has 132 valence electrons. The van der Waals surface area contributed by atoms with Crippen molar-refractivity contribution in [3.05, 3.63) is 83.3 Å². The molecule has 3 amide bonds. The summed E-state index contributed by atoms with van der Waals surface area (Å²) in [6.45, 7) is 0.315. The zero-order valence-electron chi connectivity index (χ0n) is 13.7. The second-order valence-corrected chi connectivity index (χ2v) is 5.86. The number of furan rings is 1. The number of carbonyl (C=O) groups is 2. The monoisotopic (exact) mass is 369 g/mol. The molecular formula is C19H16ClN3O3. The maximum absolute atomic E-state index is 12.1. The van der Waals surface area contributed by atoms with Gasteiger partial charge in [-0.05, 0) is 60.7 Å². The van der Waals surface area contributed by atoms with E-state index in [1.165, 1.54) is 0 Å². The summed E-state index contributed by atoms with van der Waals surface area (Å²) in [5.41, 5.74) is 1.68. The van der Waals surface area contributed by atoms with Crippen LogP contribution < -0.4 is 16.0 Å². The van der Waals surface area contributed by atoms with Crippen LogP contribution in [0.4, 0.5) is 16.2 Å². The molecule has 6 nitrogen and oxygen atoms in total. The van der Waals surface area contributed by atoms with Crippen LogP contribution in [0.1, 0.15) is 16.1 Å². The first-order valence-electron chi connectivity index (χ1n) is 7.84. The lowest BCUT2D eigenvalue weighted by Crippen LogP contribution is -2.22. The second kappa shape index (κ2) is 8.22. The molecule has 0 saturated heterocycles. The van der Waals surface area contributed by atoms with Crippen LogP contribution in [0.5, 0.6) is 0 Å². The fraction of sp³-hybridized carbons (Fsp3) is 0.0526. The van der Waals surface area contributed by atoms with E-state index in [0.29, 0.717) is 34.3 Å². The van der Waals surface area contributed by atoms with E-state index >= 15 is 0 Å². The molecule has 0 bridgehead atoms. The van der Waals surface area contributed by atoms with Gasteiger partial charge in [-0.3, -0.25) is 4.79 Å². The minimum Gasteiger partial charge on any atom is -0.467 e. The average molecular weight is 370 g/mol. The molecule has 0 spiro atoms. The maximum atomic E-state index is 12.1. The number of hydrogen-bond acceptors (Lipinski definition) is 3. The topological polar surface area (TPSA) is 83.4 Å². The molecule has 3 aromatic rings. The SMILES string of the molecule is O=C(Nc1ccc(Cl)cc1)Nc1ccc(C(=O)NCc2ccco2)cc1. The highest BCUT2D eigenvalue weighted by Gasteiger charge is 2.07. The van der Waals surface area contributed by atoms with Crippen LogP contribution in [0, 0.1) is 0 Å². The molecule has 26 heavy (non-hydrogen) atoms. The fourth-order valence-corrected chi connectivity index (χ4v) is 2.34. The van der Waals surface area contributed by atoms with Crippen LogP contribution >= 0.6 is 11.6 Å². The lowest BCUT2D eigenvalue weighted by Gasteiger charge is -2.09. The third kappa shape index (κ3) is 4.87. The molecule has 7 heteroatoms. The Balaban J connectivity index is 1.52. The molecule has 2 aromatic carbocycles. The molecule has 3 rings (SSSR count). The molecule has 0 aliphatic heterocycles. The summed E-state index contributed by atoms with van der Waals surface area (Å²) in [4.78, 5) is 24.1. The summed E-state index contributed by atoms with van der Waals surface area (Å²) in [7, 11) is 0. The predicted molar refractivity (Wildman–Crippen MR) is 100 cm³/mol. The van der Waals surface area contributed by atoms with Gasteiger partial charge in [0.15, 0.2) is 0 Å². The van der Waals surface area contributed by atoms with Gasteiger partial charge in [0.05, 0.1) is 12.8 Å². The van der Waals surface area contributed by atoms with Crippen LogP contribution in [0.2, 0.25) is 5.02 Å². The smallest absolute Gasteiger partial charge is 0.323 e. The number of rotatable bonds is 5. The fourth-order valence-electron chi connectivity index (χ4n) is 2.21. The Morgan fingerprint density at radius 1 is 0.885 bits per heavy atom. The number of urea groups is 1. The molecule has 3 N–H and O–H groups in total. The number of carbonyl (C=O) groups excluding carboxylic acids is 2. The van der Waals surface area contributed by atoms with Gasteiger partial charge in [0.2, 0.25) is 0 Å². The number of amides is 3. The van der Waals surface area contributed by atoms with Crippen molar-refractivity contribution in [1.29, 1.82) is 0 Å². The third-order valence-electron chi connectivity index (χ3n) is 3.51. The van der Waals surface area contributed by atoms with Crippen molar-refractivity contribution in [2.45, 2.75) is 6.54 Å². The molecule has 0 radical (unpaired) electrons. The highest BCUT2D eigenvalue weighted by molar-refractivity contribution is 6.30. The van der Waals surface area contributed by atoms with E-state index in [1.54, 1.807) is 66.9 Å². The molecule has 0 saturated carbocycles. The maximum Gasteiger partial charge on any atom is 0.323 e. The quantitative estimate of drug-likeness (QED) is 0.618. The van der Waals surface area contributed by atoms with Crippen molar-refractivity contribution in [2.24, 2.45) is 0 Å². The number of hydrogen-bond donors (Lipinski definition) is 3. The number of benzene rings is 2. The number of halogens is 1. The first kappa shape index (κ1) is 17.6. The Morgan fingerprint density at radius 2 is 1.50 bits per heavy atom. The Labute approximate surface area is 155 Å². The van der Waals surface area contributed by atoms with Gasteiger partial charge in [-0.2, -0.15) is 0 Å². The van der Waals surface area contributed by atoms with E-state index in [9.17, 15) is 9.59 Å². The summed E-state index contributed by atoms with van der Waals surface area (Å²) in [5, 5.41) is 8.74. The van der Waals surface area contributed by atoms with Crippen LogP contribution in [0.15, 0.2) is 71.3 Å². The van der Waals surface area contributed by atoms with E-state index in [4.69, 9.17) is 16.0 Å². The van der Waals surface area contributed by atoms with Gasteiger partial charge in [0, 0.05) is 22.0 Å². The normalized spacial score (nSPS) is 10.2. The highest BCUT2D eigenvalue weighted by Crippen LogP contribution is 2.15. The summed E-state index contributed by atoms with van der Waals surface area (Å²) in [6.07, 6.45) is 1.55. The van der Waals surface area contributed by atoms with E-state index in [2.05, 4.69) is 16.0 Å². The van der Waals surface area contributed by atoms with Crippen molar-refractivity contribution >= 4 is 34.9 Å². The van der Waals surface area contributed by atoms with Crippen molar-refractivity contribution in [2.75, 3.05) is 10.6 Å². The summed E-state index contributed by atoms with van der Waals surface area (Å²) < 4.78 is 5.16. The third-order valence-corrected chi connectivity index (χ3v) is 3.76. The van der Waals surface area contributed by atoms with E-state index in [1.807, 2.05) is 0 Å². The molecular weight excluding hydrogens is 354 g/mol. The largest absolute Gasteiger partial charge is 0.467 e. The Hall–Kier alpha value is -3.25. The molecule has 1 heterocycles. The first-order chi connectivity index (χ1) is 12.6. The average Bonchev–Trinajstić information content (AvgIpc) is 3.16. The zero-order chi connectivity index (χ0) is 18.4. The first-order valence-corrected chi connectivity index (χ1v) is 8.22. The van der Waals surface area contributed by atoms with E-state index in [0.717, 1.165) is 0 Å². The Kier molecular flexibility index (Phi) is 5.56. The molecule has 1 aromatic heterocycles. The molecule has 0 unspecified atom stereocenters. The van der Waals surface area contributed by atoms with Crippen LogP contribution in [0.25, 0.3) is 0 Å². The lowest BCUT2D eigenvalue weighted by atomic mass is 10.2. The van der Waals surface area contributed by atoms with Gasteiger partial charge in [0.25, 0.3) is 5.91 Å². The lowest BCUT2D eigenvalue weighted by molar-refractivity contribution is 0.0948. The molecule has 0 aliphatic carbocycles. The van der Waals surface area contributed by atoms with E-state index < -0.39 is 0 Å². The van der Waals surface area contributed by atoms with Crippen LogP contribution in [-0.4, -0.2) is 11.9 Å². The second-order valence-electron chi connectivity index (χ2n) is 5.43. The van der Waals surface area contributed by atoms with E-state index in [-0.39, 0.29) is 11.9 Å².